The maximum Gasteiger partial charge on any atom is 0.488 e. The molecule has 0 bridgehead atoms. The first kappa shape index (κ1) is 14.5. The molecule has 1 aromatic carbocycles. The molecule has 1 aromatic rings. The van der Waals surface area contributed by atoms with Crippen molar-refractivity contribution in [2.75, 3.05) is 19.8 Å². The highest BCUT2D eigenvalue weighted by Crippen LogP contribution is 2.15. The number of hydrogen-bond donors (Lipinski definition) is 2. The van der Waals surface area contributed by atoms with Crippen molar-refractivity contribution in [1.82, 2.24) is 0 Å². The zero-order valence-electron chi connectivity index (χ0n) is 10.7. The number of rotatable bonds is 5. The van der Waals surface area contributed by atoms with Gasteiger partial charge in [-0.1, -0.05) is 6.07 Å². The van der Waals surface area contributed by atoms with E-state index in [0.29, 0.717) is 18.1 Å². The molecule has 0 atom stereocenters. The van der Waals surface area contributed by atoms with Crippen molar-refractivity contribution in [3.63, 3.8) is 0 Å². The van der Waals surface area contributed by atoms with Gasteiger partial charge in [0.15, 0.2) is 0 Å². The van der Waals surface area contributed by atoms with Crippen molar-refractivity contribution < 1.29 is 23.9 Å². The van der Waals surface area contributed by atoms with Gasteiger partial charge in [0, 0.05) is 13.2 Å². The number of halogens is 1. The van der Waals surface area contributed by atoms with Gasteiger partial charge in [0.25, 0.3) is 0 Å². The smallest absolute Gasteiger partial charge is 0.423 e. The molecule has 0 amide bonds. The molecular weight excluding hydrogens is 250 g/mol. The summed E-state index contributed by atoms with van der Waals surface area (Å²) in [6, 6.07) is 3.99. The summed E-state index contributed by atoms with van der Waals surface area (Å²) >= 11 is 0. The molecule has 6 heteroatoms. The molecule has 0 spiro atoms. The third-order valence-corrected chi connectivity index (χ3v) is 3.24. The summed E-state index contributed by atoms with van der Waals surface area (Å²) in [5.74, 6) is 0.000443. The highest BCUT2D eigenvalue weighted by molar-refractivity contribution is 6.58. The summed E-state index contributed by atoms with van der Waals surface area (Å²) in [6.45, 7) is 2.44. The molecule has 0 unspecified atom stereocenters. The molecular formula is C13H18BFO4. The molecule has 1 aliphatic rings. The molecule has 2 rings (SSSR count). The largest absolute Gasteiger partial charge is 0.488 e. The summed E-state index contributed by atoms with van der Waals surface area (Å²) in [4.78, 5) is 0. The zero-order chi connectivity index (χ0) is 13.7. The lowest BCUT2D eigenvalue weighted by atomic mass is 9.79. The number of ether oxygens (including phenoxy) is 2. The molecule has 104 valence electrons. The fourth-order valence-corrected chi connectivity index (χ4v) is 2.16. The lowest BCUT2D eigenvalue weighted by Crippen LogP contribution is -2.30. The van der Waals surface area contributed by atoms with Crippen LogP contribution in [0, 0.1) is 11.7 Å². The van der Waals surface area contributed by atoms with Gasteiger partial charge >= 0.3 is 7.12 Å². The first-order valence-electron chi connectivity index (χ1n) is 6.46. The van der Waals surface area contributed by atoms with Crippen LogP contribution < -0.4 is 5.46 Å². The van der Waals surface area contributed by atoms with Gasteiger partial charge in [-0.25, -0.2) is 4.39 Å². The standard InChI is InChI=1S/C13H18BFO4/c15-13-6-11(5-12(7-13)14(16)17)9-19-8-10-1-3-18-4-2-10/h5-7,10,16-17H,1-4,8-9H2. The van der Waals surface area contributed by atoms with E-state index in [2.05, 4.69) is 0 Å². The second-order valence-electron chi connectivity index (χ2n) is 4.84. The third-order valence-electron chi connectivity index (χ3n) is 3.24. The molecule has 1 fully saturated rings. The van der Waals surface area contributed by atoms with E-state index in [4.69, 9.17) is 19.5 Å². The van der Waals surface area contributed by atoms with Gasteiger partial charge in [-0.3, -0.25) is 0 Å². The van der Waals surface area contributed by atoms with Crippen LogP contribution in [0.2, 0.25) is 0 Å². The van der Waals surface area contributed by atoms with E-state index < -0.39 is 12.9 Å². The van der Waals surface area contributed by atoms with Crippen molar-refractivity contribution in [2.45, 2.75) is 19.4 Å². The maximum absolute atomic E-state index is 13.3. The number of benzene rings is 1. The van der Waals surface area contributed by atoms with Crippen LogP contribution in [0.15, 0.2) is 18.2 Å². The van der Waals surface area contributed by atoms with E-state index in [9.17, 15) is 4.39 Å². The summed E-state index contributed by atoms with van der Waals surface area (Å²) < 4.78 is 24.1. The van der Waals surface area contributed by atoms with Crippen molar-refractivity contribution in [3.8, 4) is 0 Å². The highest BCUT2D eigenvalue weighted by Gasteiger charge is 2.15. The molecule has 2 N–H and O–H groups in total. The molecule has 0 saturated carbocycles. The normalized spacial score (nSPS) is 16.6. The van der Waals surface area contributed by atoms with E-state index in [-0.39, 0.29) is 12.1 Å². The van der Waals surface area contributed by atoms with Crippen molar-refractivity contribution in [3.05, 3.63) is 29.6 Å². The van der Waals surface area contributed by atoms with Crippen LogP contribution in [0.3, 0.4) is 0 Å². The fraction of sp³-hybridized carbons (Fsp3) is 0.538. The molecule has 0 aliphatic carbocycles. The van der Waals surface area contributed by atoms with E-state index in [1.807, 2.05) is 0 Å². The summed E-state index contributed by atoms with van der Waals surface area (Å²) in [6.07, 6.45) is 1.98. The predicted molar refractivity (Wildman–Crippen MR) is 69.4 cm³/mol. The Labute approximate surface area is 112 Å². The molecule has 1 aliphatic heterocycles. The lowest BCUT2D eigenvalue weighted by Gasteiger charge is -2.21. The first-order chi connectivity index (χ1) is 9.15. The molecule has 4 nitrogen and oxygen atoms in total. The van der Waals surface area contributed by atoms with Gasteiger partial charge in [-0.2, -0.15) is 0 Å². The van der Waals surface area contributed by atoms with Crippen LogP contribution in [0.25, 0.3) is 0 Å². The van der Waals surface area contributed by atoms with Gasteiger partial charge in [-0.15, -0.1) is 0 Å². The van der Waals surface area contributed by atoms with Crippen LogP contribution in [0.1, 0.15) is 18.4 Å². The molecule has 0 radical (unpaired) electrons. The van der Waals surface area contributed by atoms with Gasteiger partial charge in [0.2, 0.25) is 0 Å². The van der Waals surface area contributed by atoms with E-state index in [0.717, 1.165) is 32.1 Å². The Morgan fingerprint density at radius 3 is 2.68 bits per heavy atom. The Morgan fingerprint density at radius 1 is 1.26 bits per heavy atom. The zero-order valence-corrected chi connectivity index (χ0v) is 10.7. The van der Waals surface area contributed by atoms with Crippen molar-refractivity contribution >= 4 is 12.6 Å². The summed E-state index contributed by atoms with van der Waals surface area (Å²) in [5, 5.41) is 18.1. The van der Waals surface area contributed by atoms with E-state index in [1.54, 1.807) is 0 Å². The lowest BCUT2D eigenvalue weighted by molar-refractivity contribution is 0.0157. The molecule has 19 heavy (non-hydrogen) atoms. The van der Waals surface area contributed by atoms with Gasteiger partial charge in [0.1, 0.15) is 5.82 Å². The minimum Gasteiger partial charge on any atom is -0.423 e. The average molecular weight is 268 g/mol. The summed E-state index contributed by atoms with van der Waals surface area (Å²) in [5.41, 5.74) is 0.750. The SMILES string of the molecule is OB(O)c1cc(F)cc(COCC2CCOCC2)c1. The van der Waals surface area contributed by atoms with Gasteiger partial charge in [0.05, 0.1) is 13.2 Å². The first-order valence-corrected chi connectivity index (χ1v) is 6.46. The van der Waals surface area contributed by atoms with Crippen LogP contribution >= 0.6 is 0 Å². The predicted octanol–water partition coefficient (Wildman–Crippen LogP) is 0.449. The Kier molecular flexibility index (Phi) is 5.33. The minimum absolute atomic E-state index is 0.143. The monoisotopic (exact) mass is 268 g/mol. The second kappa shape index (κ2) is 7.00. The second-order valence-corrected chi connectivity index (χ2v) is 4.84. The Morgan fingerprint density at radius 2 is 2.00 bits per heavy atom. The van der Waals surface area contributed by atoms with Gasteiger partial charge in [-0.05, 0) is 41.9 Å². The highest BCUT2D eigenvalue weighted by atomic mass is 19.1. The minimum atomic E-state index is -1.66. The Balaban J connectivity index is 1.84. The maximum atomic E-state index is 13.3. The van der Waals surface area contributed by atoms with Crippen LogP contribution in [0.4, 0.5) is 4.39 Å². The van der Waals surface area contributed by atoms with Crippen LogP contribution in [-0.4, -0.2) is 37.0 Å². The summed E-state index contributed by atoms with van der Waals surface area (Å²) in [7, 11) is -1.66. The molecule has 0 aromatic heterocycles. The van der Waals surface area contributed by atoms with Crippen LogP contribution in [-0.2, 0) is 16.1 Å². The third kappa shape index (κ3) is 4.58. The average Bonchev–Trinajstić information content (AvgIpc) is 2.39. The topological polar surface area (TPSA) is 58.9 Å². The van der Waals surface area contributed by atoms with Crippen molar-refractivity contribution in [1.29, 1.82) is 0 Å². The quantitative estimate of drug-likeness (QED) is 0.761. The Hall–Kier alpha value is -0.945. The van der Waals surface area contributed by atoms with Crippen molar-refractivity contribution in [2.24, 2.45) is 5.92 Å². The Bertz CT molecular complexity index is 408. The molecule has 1 saturated heterocycles. The van der Waals surface area contributed by atoms with E-state index in [1.165, 1.54) is 12.1 Å². The fourth-order valence-electron chi connectivity index (χ4n) is 2.16. The van der Waals surface area contributed by atoms with Crippen LogP contribution in [0.5, 0.6) is 0 Å². The van der Waals surface area contributed by atoms with Gasteiger partial charge < -0.3 is 19.5 Å². The number of hydrogen-bond acceptors (Lipinski definition) is 4. The molecule has 1 heterocycles. The van der Waals surface area contributed by atoms with E-state index >= 15 is 0 Å².